The maximum absolute atomic E-state index is 2.00. The van der Waals surface area contributed by atoms with Gasteiger partial charge in [0.1, 0.15) is 0 Å². The van der Waals surface area contributed by atoms with Crippen LogP contribution in [0, 0.1) is 0 Å². The molecule has 0 heterocycles. The molecule has 0 N–H and O–H groups in total. The normalized spacial score (nSPS) is 6.00. The molecule has 0 heteroatoms. The van der Waals surface area contributed by atoms with Gasteiger partial charge in [0.15, 0.2) is 0 Å². The second-order valence-corrected chi connectivity index (χ2v) is 2.31. The molecule has 116 valence electrons. The predicted octanol–water partition coefficient (Wildman–Crippen LogP) is 7.48. The number of rotatable bonds is 0. The van der Waals surface area contributed by atoms with Crippen LogP contribution in [0.5, 0.6) is 0 Å². The van der Waals surface area contributed by atoms with Crippen molar-refractivity contribution in [2.75, 3.05) is 0 Å². The largest absolute Gasteiger partial charge is 0.0683 e. The standard InChI is InChI=1S/2C6H6.4C2H6/c2*1-2-4-6-5-3-1;4*1-2/h2*1-6H;4*1-2H3. The van der Waals surface area contributed by atoms with E-state index >= 15 is 0 Å². The van der Waals surface area contributed by atoms with E-state index in [2.05, 4.69) is 0 Å². The van der Waals surface area contributed by atoms with Gasteiger partial charge in [0.05, 0.1) is 0 Å². The lowest BCUT2D eigenvalue weighted by atomic mass is 10.4. The number of benzene rings is 2. The smallest absolute Gasteiger partial charge is 0.0623 e. The molecule has 0 bridgehead atoms. The summed E-state index contributed by atoms with van der Waals surface area (Å²) >= 11 is 0. The Kier molecular flexibility index (Phi) is 58.2. The van der Waals surface area contributed by atoms with Crippen LogP contribution >= 0.6 is 0 Å². The summed E-state index contributed by atoms with van der Waals surface area (Å²) in [5.41, 5.74) is 0. The quantitative estimate of drug-likeness (QED) is 0.468. The van der Waals surface area contributed by atoms with Gasteiger partial charge < -0.3 is 0 Å². The molecular formula is C20H36. The fourth-order valence-electron chi connectivity index (χ4n) is 0.770. The van der Waals surface area contributed by atoms with Gasteiger partial charge in [-0.2, -0.15) is 0 Å². The Labute approximate surface area is 128 Å². The fourth-order valence-corrected chi connectivity index (χ4v) is 0.770. The molecule has 0 saturated carbocycles. The molecule has 2 aromatic rings. The van der Waals surface area contributed by atoms with Crippen LogP contribution in [-0.4, -0.2) is 0 Å². The third-order valence-corrected chi connectivity index (χ3v) is 1.33. The zero-order chi connectivity index (χ0) is 16.5. The summed E-state index contributed by atoms with van der Waals surface area (Å²) in [6.45, 7) is 16.0. The van der Waals surface area contributed by atoms with Gasteiger partial charge in [0.25, 0.3) is 0 Å². The van der Waals surface area contributed by atoms with Crippen molar-refractivity contribution in [3.05, 3.63) is 72.8 Å². The molecule has 0 nitrogen and oxygen atoms in total. The van der Waals surface area contributed by atoms with Crippen molar-refractivity contribution in [3.8, 4) is 0 Å². The predicted molar refractivity (Wildman–Crippen MR) is 98.3 cm³/mol. The van der Waals surface area contributed by atoms with Crippen molar-refractivity contribution >= 4 is 0 Å². The van der Waals surface area contributed by atoms with E-state index < -0.39 is 0 Å². The van der Waals surface area contributed by atoms with Crippen LogP contribution < -0.4 is 0 Å². The minimum atomic E-state index is 2.00. The molecule has 0 atom stereocenters. The molecule has 0 amide bonds. The second-order valence-electron chi connectivity index (χ2n) is 2.31. The first-order valence-electron chi connectivity index (χ1n) is 8.00. The first-order chi connectivity index (χ1) is 10.0. The van der Waals surface area contributed by atoms with E-state index in [9.17, 15) is 0 Å². The molecule has 2 rings (SSSR count). The lowest BCUT2D eigenvalue weighted by Gasteiger charge is -1.69. The topological polar surface area (TPSA) is 0 Å². The van der Waals surface area contributed by atoms with Crippen LogP contribution in [0.25, 0.3) is 0 Å². The van der Waals surface area contributed by atoms with Crippen molar-refractivity contribution in [3.63, 3.8) is 0 Å². The van der Waals surface area contributed by atoms with E-state index in [1.54, 1.807) is 0 Å². The van der Waals surface area contributed by atoms with Gasteiger partial charge in [-0.1, -0.05) is 128 Å². The van der Waals surface area contributed by atoms with E-state index in [4.69, 9.17) is 0 Å². The third-order valence-electron chi connectivity index (χ3n) is 1.33. The lowest BCUT2D eigenvalue weighted by Crippen LogP contribution is -1.47. The van der Waals surface area contributed by atoms with E-state index in [0.29, 0.717) is 0 Å². The molecule has 0 unspecified atom stereocenters. The molecule has 20 heavy (non-hydrogen) atoms. The maximum atomic E-state index is 2.00. The van der Waals surface area contributed by atoms with Crippen molar-refractivity contribution in [2.45, 2.75) is 55.4 Å². The highest BCUT2D eigenvalue weighted by molar-refractivity contribution is 4.99. The summed E-state index contributed by atoms with van der Waals surface area (Å²) in [6, 6.07) is 24.0. The van der Waals surface area contributed by atoms with Crippen LogP contribution in [0.4, 0.5) is 0 Å². The van der Waals surface area contributed by atoms with Crippen LogP contribution in [0.1, 0.15) is 55.4 Å². The average molecular weight is 277 g/mol. The Hall–Kier alpha value is -1.56. The fraction of sp³-hybridized carbons (Fsp3) is 0.400. The van der Waals surface area contributed by atoms with E-state index in [1.807, 2.05) is 128 Å². The Bertz CT molecular complexity index is 175. The van der Waals surface area contributed by atoms with Gasteiger partial charge in [0, 0.05) is 0 Å². The highest BCUT2D eigenvalue weighted by Gasteiger charge is 1.58. The van der Waals surface area contributed by atoms with Crippen LogP contribution in [0.15, 0.2) is 72.8 Å². The zero-order valence-electron chi connectivity index (χ0n) is 14.9. The Morgan fingerprint density at radius 2 is 0.250 bits per heavy atom. The van der Waals surface area contributed by atoms with Crippen molar-refractivity contribution in [1.82, 2.24) is 0 Å². The van der Waals surface area contributed by atoms with Crippen molar-refractivity contribution in [1.29, 1.82) is 0 Å². The SMILES string of the molecule is CC.CC.CC.CC.c1ccccc1.c1ccccc1. The summed E-state index contributed by atoms with van der Waals surface area (Å²) in [7, 11) is 0. The Morgan fingerprint density at radius 3 is 0.300 bits per heavy atom. The Balaban J connectivity index is -0.0000000863. The summed E-state index contributed by atoms with van der Waals surface area (Å²) < 4.78 is 0. The number of hydrogen-bond donors (Lipinski definition) is 0. The molecule has 0 saturated heterocycles. The van der Waals surface area contributed by atoms with Crippen LogP contribution in [0.2, 0.25) is 0 Å². The molecule has 0 aliphatic rings. The highest BCUT2D eigenvalue weighted by Crippen LogP contribution is 1.80. The Morgan fingerprint density at radius 1 is 0.200 bits per heavy atom. The molecular weight excluding hydrogens is 240 g/mol. The molecule has 0 aliphatic heterocycles. The third kappa shape index (κ3) is 36.0. The maximum Gasteiger partial charge on any atom is -0.0623 e. The summed E-state index contributed by atoms with van der Waals surface area (Å²) in [5.74, 6) is 0. The van der Waals surface area contributed by atoms with Gasteiger partial charge in [-0.3, -0.25) is 0 Å². The first-order valence-corrected chi connectivity index (χ1v) is 8.00. The summed E-state index contributed by atoms with van der Waals surface area (Å²) in [4.78, 5) is 0. The molecule has 0 aromatic heterocycles. The first kappa shape index (κ1) is 26.9. The second kappa shape index (κ2) is 43.2. The van der Waals surface area contributed by atoms with Gasteiger partial charge >= 0.3 is 0 Å². The summed E-state index contributed by atoms with van der Waals surface area (Å²) in [6.07, 6.45) is 0. The van der Waals surface area contributed by atoms with E-state index in [-0.39, 0.29) is 0 Å². The molecule has 0 radical (unpaired) electrons. The van der Waals surface area contributed by atoms with Gasteiger partial charge in [0.2, 0.25) is 0 Å². The molecule has 2 aromatic carbocycles. The molecule has 0 fully saturated rings. The van der Waals surface area contributed by atoms with E-state index in [1.165, 1.54) is 0 Å². The lowest BCUT2D eigenvalue weighted by molar-refractivity contribution is 1.50. The monoisotopic (exact) mass is 276 g/mol. The van der Waals surface area contributed by atoms with Gasteiger partial charge in [-0.05, 0) is 0 Å². The molecule has 0 aliphatic carbocycles. The van der Waals surface area contributed by atoms with Crippen molar-refractivity contribution in [2.24, 2.45) is 0 Å². The minimum absolute atomic E-state index is 2.00. The zero-order valence-corrected chi connectivity index (χ0v) is 14.9. The van der Waals surface area contributed by atoms with Gasteiger partial charge in [-0.25, -0.2) is 0 Å². The van der Waals surface area contributed by atoms with E-state index in [0.717, 1.165) is 0 Å². The van der Waals surface area contributed by atoms with Crippen molar-refractivity contribution < 1.29 is 0 Å². The minimum Gasteiger partial charge on any atom is -0.0683 e. The molecule has 0 spiro atoms. The summed E-state index contributed by atoms with van der Waals surface area (Å²) in [5, 5.41) is 0. The highest BCUT2D eigenvalue weighted by atomic mass is 13.7. The average Bonchev–Trinajstić information content (AvgIpc) is 2.65. The van der Waals surface area contributed by atoms with Gasteiger partial charge in [-0.15, -0.1) is 0 Å². The van der Waals surface area contributed by atoms with Crippen LogP contribution in [0.3, 0.4) is 0 Å². The van der Waals surface area contributed by atoms with Crippen LogP contribution in [-0.2, 0) is 0 Å². The number of hydrogen-bond acceptors (Lipinski definition) is 0.